The summed E-state index contributed by atoms with van der Waals surface area (Å²) < 4.78 is 0. The summed E-state index contributed by atoms with van der Waals surface area (Å²) in [5.41, 5.74) is 2.08. The summed E-state index contributed by atoms with van der Waals surface area (Å²) >= 11 is 4.27. The Bertz CT molecular complexity index is 431. The molecule has 0 unspecified atom stereocenters. The number of aromatic nitrogens is 2. The van der Waals surface area contributed by atoms with Crippen molar-refractivity contribution >= 4 is 23.7 Å². The number of nitrogens with one attached hydrogen (secondary N) is 1. The van der Waals surface area contributed by atoms with E-state index in [0.29, 0.717) is 5.92 Å². The molecule has 0 bridgehead atoms. The molecule has 0 atom stereocenters. The fourth-order valence-electron chi connectivity index (χ4n) is 1.29. The van der Waals surface area contributed by atoms with Gasteiger partial charge in [0.1, 0.15) is 5.82 Å². The second kappa shape index (κ2) is 3.07. The molecule has 0 radical (unpaired) electrons. The van der Waals surface area contributed by atoms with Crippen molar-refractivity contribution in [1.29, 1.82) is 0 Å². The van der Waals surface area contributed by atoms with Crippen LogP contribution < -0.4 is 0 Å². The van der Waals surface area contributed by atoms with Gasteiger partial charge in [-0.1, -0.05) is 13.8 Å². The highest BCUT2D eigenvalue weighted by molar-refractivity contribution is 7.80. The smallest absolute Gasteiger partial charge is 0.109 e. The zero-order valence-electron chi connectivity index (χ0n) is 7.70. The second-order valence-corrected chi connectivity index (χ2v) is 3.99. The highest BCUT2D eigenvalue weighted by atomic mass is 32.1. The largest absolute Gasteiger partial charge is 0.342 e. The first-order chi connectivity index (χ1) is 6.16. The Morgan fingerprint density at radius 3 is 2.85 bits per heavy atom. The van der Waals surface area contributed by atoms with Crippen molar-refractivity contribution in [2.75, 3.05) is 0 Å². The zero-order chi connectivity index (χ0) is 9.42. The maximum Gasteiger partial charge on any atom is 0.109 e. The number of fused-ring (bicyclic) bond motifs is 1. The molecule has 2 nitrogen and oxygen atoms in total. The Labute approximate surface area is 82.8 Å². The van der Waals surface area contributed by atoms with Crippen molar-refractivity contribution < 1.29 is 0 Å². The van der Waals surface area contributed by atoms with Crippen LogP contribution in [0.3, 0.4) is 0 Å². The Kier molecular flexibility index (Phi) is 2.04. The van der Waals surface area contributed by atoms with Gasteiger partial charge in [0.2, 0.25) is 0 Å². The maximum atomic E-state index is 4.46. The van der Waals surface area contributed by atoms with Gasteiger partial charge in [0, 0.05) is 10.8 Å². The average molecular weight is 192 g/mol. The molecule has 68 valence electrons. The van der Waals surface area contributed by atoms with Gasteiger partial charge in [-0.15, -0.1) is 12.6 Å². The summed E-state index contributed by atoms with van der Waals surface area (Å²) in [5.74, 6) is 1.48. The van der Waals surface area contributed by atoms with Crippen LogP contribution in [0.2, 0.25) is 0 Å². The number of aromatic amines is 1. The fourth-order valence-corrected chi connectivity index (χ4v) is 1.49. The van der Waals surface area contributed by atoms with Crippen LogP contribution in [0.25, 0.3) is 11.0 Å². The number of hydrogen-bond acceptors (Lipinski definition) is 2. The Hall–Kier alpha value is -0.960. The lowest BCUT2D eigenvalue weighted by atomic mass is 10.2. The van der Waals surface area contributed by atoms with E-state index in [1.165, 1.54) is 0 Å². The van der Waals surface area contributed by atoms with Crippen LogP contribution in [0, 0.1) is 0 Å². The minimum atomic E-state index is 0.441. The quantitative estimate of drug-likeness (QED) is 0.668. The van der Waals surface area contributed by atoms with Crippen LogP contribution in [0.15, 0.2) is 23.1 Å². The van der Waals surface area contributed by atoms with Crippen molar-refractivity contribution in [2.24, 2.45) is 0 Å². The van der Waals surface area contributed by atoms with Gasteiger partial charge in [-0.2, -0.15) is 0 Å². The summed E-state index contributed by atoms with van der Waals surface area (Å²) in [6.07, 6.45) is 0. The van der Waals surface area contributed by atoms with Crippen molar-refractivity contribution in [3.63, 3.8) is 0 Å². The lowest BCUT2D eigenvalue weighted by Crippen LogP contribution is -1.88. The molecule has 0 saturated heterocycles. The number of rotatable bonds is 1. The molecule has 2 rings (SSSR count). The van der Waals surface area contributed by atoms with Crippen molar-refractivity contribution in [3.05, 3.63) is 24.0 Å². The first-order valence-electron chi connectivity index (χ1n) is 4.35. The van der Waals surface area contributed by atoms with E-state index in [1.807, 2.05) is 18.2 Å². The molecule has 0 aliphatic carbocycles. The molecule has 0 saturated carbocycles. The molecule has 0 amide bonds. The average Bonchev–Trinajstić information content (AvgIpc) is 2.46. The Morgan fingerprint density at radius 1 is 1.38 bits per heavy atom. The van der Waals surface area contributed by atoms with Gasteiger partial charge in [0.15, 0.2) is 0 Å². The number of nitrogens with zero attached hydrogens (tertiary/aromatic N) is 1. The number of imidazole rings is 1. The third kappa shape index (κ3) is 1.56. The first-order valence-corrected chi connectivity index (χ1v) is 4.80. The number of hydrogen-bond donors (Lipinski definition) is 2. The Balaban J connectivity index is 2.62. The molecular formula is C10H12N2S. The molecular weight excluding hydrogens is 180 g/mol. The topological polar surface area (TPSA) is 28.7 Å². The first kappa shape index (κ1) is 8.63. The normalized spacial score (nSPS) is 11.4. The molecule has 13 heavy (non-hydrogen) atoms. The molecule has 1 aromatic heterocycles. The van der Waals surface area contributed by atoms with E-state index in [0.717, 1.165) is 21.8 Å². The van der Waals surface area contributed by atoms with Crippen molar-refractivity contribution in [3.8, 4) is 0 Å². The minimum absolute atomic E-state index is 0.441. The lowest BCUT2D eigenvalue weighted by molar-refractivity contribution is 0.799. The van der Waals surface area contributed by atoms with E-state index in [4.69, 9.17) is 0 Å². The van der Waals surface area contributed by atoms with Gasteiger partial charge in [-0.3, -0.25) is 0 Å². The van der Waals surface area contributed by atoms with Gasteiger partial charge in [0.05, 0.1) is 11.0 Å². The molecule has 0 spiro atoms. The van der Waals surface area contributed by atoms with Gasteiger partial charge in [-0.25, -0.2) is 4.98 Å². The van der Waals surface area contributed by atoms with Crippen LogP contribution in [-0.2, 0) is 0 Å². The minimum Gasteiger partial charge on any atom is -0.342 e. The van der Waals surface area contributed by atoms with Crippen LogP contribution in [0.4, 0.5) is 0 Å². The molecule has 0 aliphatic rings. The monoisotopic (exact) mass is 192 g/mol. The van der Waals surface area contributed by atoms with Gasteiger partial charge >= 0.3 is 0 Å². The fraction of sp³-hybridized carbons (Fsp3) is 0.300. The molecule has 1 N–H and O–H groups in total. The summed E-state index contributed by atoms with van der Waals surface area (Å²) in [7, 11) is 0. The van der Waals surface area contributed by atoms with Crippen LogP contribution in [0.5, 0.6) is 0 Å². The molecule has 1 aromatic carbocycles. The third-order valence-corrected chi connectivity index (χ3v) is 2.31. The molecule has 0 fully saturated rings. The molecule has 1 heterocycles. The standard InChI is InChI=1S/C10H12N2S/c1-6(2)10-11-8-4-3-7(13)5-9(8)12-10/h3-6,13H,1-2H3,(H,11,12). The summed E-state index contributed by atoms with van der Waals surface area (Å²) in [6, 6.07) is 5.94. The number of thiol groups is 1. The van der Waals surface area contributed by atoms with Crippen LogP contribution in [0.1, 0.15) is 25.6 Å². The van der Waals surface area contributed by atoms with Crippen LogP contribution >= 0.6 is 12.6 Å². The second-order valence-electron chi connectivity index (χ2n) is 3.48. The van der Waals surface area contributed by atoms with E-state index < -0.39 is 0 Å². The molecule has 2 aromatic rings. The Morgan fingerprint density at radius 2 is 2.15 bits per heavy atom. The van der Waals surface area contributed by atoms with E-state index in [2.05, 4.69) is 36.4 Å². The van der Waals surface area contributed by atoms with Gasteiger partial charge in [-0.05, 0) is 18.2 Å². The van der Waals surface area contributed by atoms with Crippen molar-refractivity contribution in [1.82, 2.24) is 9.97 Å². The molecule has 3 heteroatoms. The zero-order valence-corrected chi connectivity index (χ0v) is 8.60. The van der Waals surface area contributed by atoms with Crippen LogP contribution in [-0.4, -0.2) is 9.97 Å². The van der Waals surface area contributed by atoms with E-state index in [9.17, 15) is 0 Å². The summed E-state index contributed by atoms with van der Waals surface area (Å²) in [6.45, 7) is 4.25. The third-order valence-electron chi connectivity index (χ3n) is 2.03. The van der Waals surface area contributed by atoms with E-state index in [-0.39, 0.29) is 0 Å². The highest BCUT2D eigenvalue weighted by Crippen LogP contribution is 2.19. The van der Waals surface area contributed by atoms with E-state index in [1.54, 1.807) is 0 Å². The maximum absolute atomic E-state index is 4.46. The van der Waals surface area contributed by atoms with Crippen molar-refractivity contribution in [2.45, 2.75) is 24.7 Å². The number of benzene rings is 1. The molecule has 0 aliphatic heterocycles. The SMILES string of the molecule is CC(C)c1nc2ccc(S)cc2[nH]1. The summed E-state index contributed by atoms with van der Waals surface area (Å²) in [5, 5.41) is 0. The predicted octanol–water partition coefficient (Wildman–Crippen LogP) is 2.98. The van der Waals surface area contributed by atoms with Gasteiger partial charge < -0.3 is 4.98 Å². The highest BCUT2D eigenvalue weighted by Gasteiger charge is 2.05. The predicted molar refractivity (Wildman–Crippen MR) is 57.4 cm³/mol. The summed E-state index contributed by atoms with van der Waals surface area (Å²) in [4.78, 5) is 8.70. The van der Waals surface area contributed by atoms with E-state index >= 15 is 0 Å². The lowest BCUT2D eigenvalue weighted by Gasteiger charge is -1.95. The number of H-pyrrole nitrogens is 1. The van der Waals surface area contributed by atoms with Gasteiger partial charge in [0.25, 0.3) is 0 Å².